The summed E-state index contributed by atoms with van der Waals surface area (Å²) < 4.78 is 16.2. The molecule has 1 amide bonds. The van der Waals surface area contributed by atoms with E-state index in [1.54, 1.807) is 37.3 Å². The van der Waals surface area contributed by atoms with Gasteiger partial charge in [-0.3, -0.25) is 4.79 Å². The Bertz CT molecular complexity index is 1060. The Morgan fingerprint density at radius 3 is 2.70 bits per heavy atom. The van der Waals surface area contributed by atoms with Crippen LogP contribution in [0, 0.1) is 0 Å². The van der Waals surface area contributed by atoms with Gasteiger partial charge < -0.3 is 23.8 Å². The third kappa shape index (κ3) is 3.68. The van der Waals surface area contributed by atoms with E-state index in [0.29, 0.717) is 41.9 Å². The molecule has 8 nitrogen and oxygen atoms in total. The smallest absolute Gasteiger partial charge is 0.258 e. The van der Waals surface area contributed by atoms with Crippen LogP contribution in [0.4, 0.5) is 11.4 Å². The van der Waals surface area contributed by atoms with Crippen molar-refractivity contribution >= 4 is 17.3 Å². The summed E-state index contributed by atoms with van der Waals surface area (Å²) in [6, 6.07) is 13.3. The molecule has 0 bridgehead atoms. The van der Waals surface area contributed by atoms with Crippen LogP contribution in [0.2, 0.25) is 0 Å². The van der Waals surface area contributed by atoms with Crippen LogP contribution in [0.3, 0.4) is 0 Å². The van der Waals surface area contributed by atoms with Gasteiger partial charge >= 0.3 is 0 Å². The first-order chi connectivity index (χ1) is 14.5. The molecule has 2 aromatic carbocycles. The number of aromatic nitrogens is 2. The van der Waals surface area contributed by atoms with E-state index in [-0.39, 0.29) is 11.8 Å². The Morgan fingerprint density at radius 1 is 1.13 bits per heavy atom. The van der Waals surface area contributed by atoms with Gasteiger partial charge in [0.15, 0.2) is 5.82 Å². The first-order valence-electron chi connectivity index (χ1n) is 9.64. The minimum atomic E-state index is -0.164. The van der Waals surface area contributed by atoms with Gasteiger partial charge in [-0.25, -0.2) is 0 Å². The number of hydrogen-bond donors (Lipinski definition) is 0. The minimum absolute atomic E-state index is 0.0208. The Balaban J connectivity index is 1.58. The molecule has 30 heavy (non-hydrogen) atoms. The standard InChI is InChI=1S/C22H24N4O4/c1-25(2)16-7-5-6-14(10-16)22-23-21(24-30-22)15-11-20(27)26(13-15)18-12-17(28-3)8-9-19(18)29-4/h5-10,12,15H,11,13H2,1-4H3. The molecule has 1 atom stereocenters. The van der Waals surface area contributed by atoms with Gasteiger partial charge in [-0.05, 0) is 30.3 Å². The molecule has 156 valence electrons. The summed E-state index contributed by atoms with van der Waals surface area (Å²) in [4.78, 5) is 21.0. The number of carbonyl (C=O) groups excluding carboxylic acids is 1. The second-order valence-electron chi connectivity index (χ2n) is 7.35. The molecule has 1 aliphatic heterocycles. The van der Waals surface area contributed by atoms with Crippen molar-refractivity contribution in [2.75, 3.05) is 44.7 Å². The molecule has 8 heteroatoms. The van der Waals surface area contributed by atoms with E-state index in [1.807, 2.05) is 43.3 Å². The lowest BCUT2D eigenvalue weighted by molar-refractivity contribution is -0.117. The van der Waals surface area contributed by atoms with Crippen molar-refractivity contribution < 1.29 is 18.8 Å². The molecule has 0 spiro atoms. The number of carbonyl (C=O) groups is 1. The van der Waals surface area contributed by atoms with Gasteiger partial charge in [-0.1, -0.05) is 11.2 Å². The van der Waals surface area contributed by atoms with Crippen LogP contribution in [0.1, 0.15) is 18.2 Å². The molecular formula is C22H24N4O4. The lowest BCUT2D eigenvalue weighted by atomic mass is 10.1. The van der Waals surface area contributed by atoms with Crippen molar-refractivity contribution in [1.29, 1.82) is 0 Å². The van der Waals surface area contributed by atoms with Gasteiger partial charge in [-0.15, -0.1) is 0 Å². The van der Waals surface area contributed by atoms with Gasteiger partial charge in [0.25, 0.3) is 5.89 Å². The Labute approximate surface area is 175 Å². The van der Waals surface area contributed by atoms with Crippen LogP contribution in [0.15, 0.2) is 47.0 Å². The Morgan fingerprint density at radius 2 is 1.97 bits per heavy atom. The molecule has 1 unspecified atom stereocenters. The monoisotopic (exact) mass is 408 g/mol. The predicted octanol–water partition coefficient (Wildman–Crippen LogP) is 3.34. The molecule has 1 aliphatic rings. The molecule has 1 aromatic heterocycles. The number of hydrogen-bond acceptors (Lipinski definition) is 7. The lowest BCUT2D eigenvalue weighted by Gasteiger charge is -2.20. The van der Waals surface area contributed by atoms with E-state index in [4.69, 9.17) is 14.0 Å². The number of anilines is 2. The normalized spacial score (nSPS) is 16.1. The van der Waals surface area contributed by atoms with Gasteiger partial charge in [0.05, 0.1) is 19.9 Å². The highest BCUT2D eigenvalue weighted by atomic mass is 16.5. The molecule has 0 N–H and O–H groups in total. The van der Waals surface area contributed by atoms with E-state index >= 15 is 0 Å². The number of nitrogens with zero attached hydrogens (tertiary/aromatic N) is 4. The van der Waals surface area contributed by atoms with E-state index < -0.39 is 0 Å². The highest BCUT2D eigenvalue weighted by Gasteiger charge is 2.36. The third-order valence-electron chi connectivity index (χ3n) is 5.22. The fourth-order valence-corrected chi connectivity index (χ4v) is 3.56. The van der Waals surface area contributed by atoms with Crippen LogP contribution < -0.4 is 19.3 Å². The maximum absolute atomic E-state index is 12.8. The maximum atomic E-state index is 12.8. The highest BCUT2D eigenvalue weighted by Crippen LogP contribution is 2.38. The maximum Gasteiger partial charge on any atom is 0.258 e. The largest absolute Gasteiger partial charge is 0.497 e. The molecule has 0 radical (unpaired) electrons. The SMILES string of the molecule is COc1ccc(OC)c(N2CC(c3noc(-c4cccc(N(C)C)c4)n3)CC2=O)c1. The Kier molecular flexibility index (Phi) is 5.31. The highest BCUT2D eigenvalue weighted by molar-refractivity contribution is 5.98. The number of benzene rings is 2. The van der Waals surface area contributed by atoms with Crippen molar-refractivity contribution in [1.82, 2.24) is 10.1 Å². The summed E-state index contributed by atoms with van der Waals surface area (Å²) in [5.41, 5.74) is 2.56. The summed E-state index contributed by atoms with van der Waals surface area (Å²) >= 11 is 0. The van der Waals surface area contributed by atoms with Crippen molar-refractivity contribution in [2.24, 2.45) is 0 Å². The van der Waals surface area contributed by atoms with E-state index in [1.165, 1.54) is 0 Å². The molecule has 0 aliphatic carbocycles. The molecule has 2 heterocycles. The van der Waals surface area contributed by atoms with Crippen LogP contribution in [0.5, 0.6) is 11.5 Å². The fraction of sp³-hybridized carbons (Fsp3) is 0.318. The predicted molar refractivity (Wildman–Crippen MR) is 113 cm³/mol. The zero-order valence-electron chi connectivity index (χ0n) is 17.5. The number of rotatable bonds is 6. The van der Waals surface area contributed by atoms with E-state index in [2.05, 4.69) is 10.1 Å². The molecule has 1 saturated heterocycles. The first kappa shape index (κ1) is 19.8. The second kappa shape index (κ2) is 8.06. The van der Waals surface area contributed by atoms with Crippen LogP contribution in [-0.4, -0.2) is 50.9 Å². The molecule has 4 rings (SSSR count). The van der Waals surface area contributed by atoms with Crippen LogP contribution in [-0.2, 0) is 4.79 Å². The van der Waals surface area contributed by atoms with Gasteiger partial charge in [0.1, 0.15) is 11.5 Å². The van der Waals surface area contributed by atoms with Crippen molar-refractivity contribution in [3.05, 3.63) is 48.3 Å². The van der Waals surface area contributed by atoms with Crippen LogP contribution >= 0.6 is 0 Å². The third-order valence-corrected chi connectivity index (χ3v) is 5.22. The minimum Gasteiger partial charge on any atom is -0.497 e. The molecular weight excluding hydrogens is 384 g/mol. The zero-order chi connectivity index (χ0) is 21.3. The quantitative estimate of drug-likeness (QED) is 0.619. The summed E-state index contributed by atoms with van der Waals surface area (Å²) in [5, 5.41) is 4.15. The average Bonchev–Trinajstić information content (AvgIpc) is 3.40. The van der Waals surface area contributed by atoms with Gasteiger partial charge in [0, 0.05) is 50.3 Å². The molecule has 0 saturated carbocycles. The van der Waals surface area contributed by atoms with Crippen molar-refractivity contribution in [2.45, 2.75) is 12.3 Å². The average molecular weight is 408 g/mol. The number of ether oxygens (including phenoxy) is 2. The number of methoxy groups -OCH3 is 2. The topological polar surface area (TPSA) is 80.9 Å². The van der Waals surface area contributed by atoms with Gasteiger partial charge in [0.2, 0.25) is 5.91 Å². The zero-order valence-corrected chi connectivity index (χ0v) is 17.5. The summed E-state index contributed by atoms with van der Waals surface area (Å²) in [6.07, 6.45) is 0.303. The Hall–Kier alpha value is -3.55. The summed E-state index contributed by atoms with van der Waals surface area (Å²) in [6.45, 7) is 0.444. The number of amides is 1. The summed E-state index contributed by atoms with van der Waals surface area (Å²) in [5.74, 6) is 2.05. The second-order valence-corrected chi connectivity index (χ2v) is 7.35. The summed E-state index contributed by atoms with van der Waals surface area (Å²) in [7, 11) is 7.12. The van der Waals surface area contributed by atoms with Crippen molar-refractivity contribution in [3.63, 3.8) is 0 Å². The van der Waals surface area contributed by atoms with Gasteiger partial charge in [-0.2, -0.15) is 4.98 Å². The van der Waals surface area contributed by atoms with Crippen LogP contribution in [0.25, 0.3) is 11.5 Å². The first-order valence-corrected chi connectivity index (χ1v) is 9.64. The van der Waals surface area contributed by atoms with E-state index in [9.17, 15) is 4.79 Å². The molecule has 1 fully saturated rings. The lowest BCUT2D eigenvalue weighted by Crippen LogP contribution is -2.25. The fourth-order valence-electron chi connectivity index (χ4n) is 3.56. The van der Waals surface area contributed by atoms with E-state index in [0.717, 1.165) is 11.3 Å². The molecule has 3 aromatic rings. The van der Waals surface area contributed by atoms with Crippen molar-refractivity contribution in [3.8, 4) is 23.0 Å².